The Morgan fingerprint density at radius 3 is 2.53 bits per heavy atom. The highest BCUT2D eigenvalue weighted by molar-refractivity contribution is 5.71. The number of benzene rings is 1. The highest BCUT2D eigenvalue weighted by Crippen LogP contribution is 2.32. The Kier molecular flexibility index (Phi) is 3.77. The van der Waals surface area contributed by atoms with Gasteiger partial charge in [0.2, 0.25) is 0 Å². The predicted molar refractivity (Wildman–Crippen MR) is 54.4 cm³/mol. The molecule has 0 fully saturated rings. The summed E-state index contributed by atoms with van der Waals surface area (Å²) >= 11 is 0. The number of phenols is 1. The summed E-state index contributed by atoms with van der Waals surface area (Å²) in [4.78, 5) is 10.2. The van der Waals surface area contributed by atoms with Gasteiger partial charge in [-0.15, -0.1) is 0 Å². The van der Waals surface area contributed by atoms with Crippen LogP contribution in [0.4, 0.5) is 13.2 Å². The lowest BCUT2D eigenvalue weighted by molar-refractivity contribution is -0.138. The second-order valence-electron chi connectivity index (χ2n) is 3.27. The fourth-order valence-corrected chi connectivity index (χ4v) is 1.15. The third-order valence-electron chi connectivity index (χ3n) is 1.94. The Balaban J connectivity index is 2.99. The predicted octanol–water partition coefficient (Wildman–Crippen LogP) is 2.90. The fourth-order valence-electron chi connectivity index (χ4n) is 1.15. The number of hydrogen-bond donors (Lipinski definition) is 2. The van der Waals surface area contributed by atoms with Crippen molar-refractivity contribution in [1.29, 1.82) is 0 Å². The van der Waals surface area contributed by atoms with Gasteiger partial charge in [-0.1, -0.05) is 12.2 Å². The van der Waals surface area contributed by atoms with Crippen molar-refractivity contribution >= 4 is 12.0 Å². The summed E-state index contributed by atoms with van der Waals surface area (Å²) in [7, 11) is 0. The normalized spacial score (nSPS) is 11.9. The molecule has 0 aromatic heterocycles. The highest BCUT2D eigenvalue weighted by Gasteiger charge is 2.30. The van der Waals surface area contributed by atoms with Crippen LogP contribution < -0.4 is 0 Å². The van der Waals surface area contributed by atoms with Gasteiger partial charge >= 0.3 is 12.1 Å². The first kappa shape index (κ1) is 13.1. The minimum Gasteiger partial charge on any atom is -0.507 e. The molecule has 0 aliphatic carbocycles. The van der Waals surface area contributed by atoms with Gasteiger partial charge in [0.05, 0.1) is 12.0 Å². The Morgan fingerprint density at radius 2 is 2.00 bits per heavy atom. The van der Waals surface area contributed by atoms with Gasteiger partial charge in [-0.25, -0.2) is 0 Å². The Bertz CT molecular complexity index is 450. The van der Waals surface area contributed by atoms with E-state index < -0.39 is 17.7 Å². The average molecular weight is 246 g/mol. The van der Waals surface area contributed by atoms with Crippen LogP contribution in [0.3, 0.4) is 0 Å². The molecule has 0 saturated carbocycles. The van der Waals surface area contributed by atoms with Gasteiger partial charge in [0.1, 0.15) is 5.75 Å². The van der Waals surface area contributed by atoms with Crippen LogP contribution in [0.25, 0.3) is 6.08 Å². The van der Waals surface area contributed by atoms with Gasteiger partial charge in [0.25, 0.3) is 0 Å². The van der Waals surface area contributed by atoms with Crippen LogP contribution in [0.15, 0.2) is 24.3 Å². The summed E-state index contributed by atoms with van der Waals surface area (Å²) in [5.41, 5.74) is -0.966. The topological polar surface area (TPSA) is 57.5 Å². The Hall–Kier alpha value is -1.98. The van der Waals surface area contributed by atoms with Crippen molar-refractivity contribution in [2.75, 3.05) is 0 Å². The molecule has 0 saturated heterocycles. The molecule has 1 aromatic rings. The van der Waals surface area contributed by atoms with Gasteiger partial charge in [0.15, 0.2) is 0 Å². The monoisotopic (exact) mass is 246 g/mol. The summed E-state index contributed by atoms with van der Waals surface area (Å²) < 4.78 is 37.1. The van der Waals surface area contributed by atoms with Crippen molar-refractivity contribution < 1.29 is 28.2 Å². The van der Waals surface area contributed by atoms with E-state index in [0.29, 0.717) is 0 Å². The summed E-state index contributed by atoms with van der Waals surface area (Å²) in [5.74, 6) is -1.44. The van der Waals surface area contributed by atoms with E-state index in [9.17, 15) is 23.1 Å². The lowest BCUT2D eigenvalue weighted by atomic mass is 10.1. The van der Waals surface area contributed by atoms with Crippen molar-refractivity contribution in [3.05, 3.63) is 35.4 Å². The highest BCUT2D eigenvalue weighted by atomic mass is 19.4. The van der Waals surface area contributed by atoms with E-state index in [1.807, 2.05) is 0 Å². The SMILES string of the molecule is O=C(O)CC=Cc1cc(C(F)(F)F)ccc1O. The Morgan fingerprint density at radius 1 is 1.35 bits per heavy atom. The van der Waals surface area contributed by atoms with E-state index in [1.54, 1.807) is 0 Å². The molecular weight excluding hydrogens is 237 g/mol. The Labute approximate surface area is 94.8 Å². The number of hydrogen-bond acceptors (Lipinski definition) is 2. The standard InChI is InChI=1S/C11H9F3O3/c12-11(13,14)8-4-5-9(15)7(6-8)2-1-3-10(16)17/h1-2,4-6,15H,3H2,(H,16,17). The lowest BCUT2D eigenvalue weighted by Gasteiger charge is -2.08. The molecule has 6 heteroatoms. The van der Waals surface area contributed by atoms with Crippen molar-refractivity contribution in [1.82, 2.24) is 0 Å². The van der Waals surface area contributed by atoms with Crippen molar-refractivity contribution in [3.8, 4) is 5.75 Å². The average Bonchev–Trinajstić information content (AvgIpc) is 2.18. The van der Waals surface area contributed by atoms with Crippen LogP contribution in [-0.4, -0.2) is 16.2 Å². The molecule has 0 aliphatic rings. The number of phenolic OH excluding ortho intramolecular Hbond substituents is 1. The zero-order valence-corrected chi connectivity index (χ0v) is 8.53. The van der Waals surface area contributed by atoms with Crippen molar-refractivity contribution in [3.63, 3.8) is 0 Å². The summed E-state index contributed by atoms with van der Waals surface area (Å²) in [5, 5.41) is 17.7. The second-order valence-corrected chi connectivity index (χ2v) is 3.27. The maximum atomic E-state index is 12.4. The number of carbonyl (C=O) groups is 1. The molecule has 0 aliphatic heterocycles. The van der Waals surface area contributed by atoms with E-state index in [-0.39, 0.29) is 17.7 Å². The van der Waals surface area contributed by atoms with E-state index >= 15 is 0 Å². The van der Waals surface area contributed by atoms with Crippen LogP contribution in [-0.2, 0) is 11.0 Å². The van der Waals surface area contributed by atoms with E-state index in [1.165, 1.54) is 0 Å². The second kappa shape index (κ2) is 4.90. The van der Waals surface area contributed by atoms with Crippen LogP contribution in [0.2, 0.25) is 0 Å². The maximum absolute atomic E-state index is 12.4. The first-order valence-electron chi connectivity index (χ1n) is 4.59. The van der Waals surface area contributed by atoms with Crippen molar-refractivity contribution in [2.45, 2.75) is 12.6 Å². The van der Waals surface area contributed by atoms with Crippen LogP contribution in [0, 0.1) is 0 Å². The summed E-state index contributed by atoms with van der Waals surface area (Å²) in [6.45, 7) is 0. The molecular formula is C11H9F3O3. The molecule has 0 amide bonds. The zero-order valence-electron chi connectivity index (χ0n) is 8.53. The van der Waals surface area contributed by atoms with Crippen LogP contribution in [0.1, 0.15) is 17.5 Å². The molecule has 0 atom stereocenters. The summed E-state index contributed by atoms with van der Waals surface area (Å²) in [6, 6.07) is 2.43. The molecule has 3 nitrogen and oxygen atoms in total. The van der Waals surface area contributed by atoms with E-state index in [0.717, 1.165) is 30.4 Å². The molecule has 1 aromatic carbocycles. The fraction of sp³-hybridized carbons (Fsp3) is 0.182. The molecule has 17 heavy (non-hydrogen) atoms. The van der Waals surface area contributed by atoms with Crippen molar-refractivity contribution in [2.24, 2.45) is 0 Å². The van der Waals surface area contributed by atoms with Crippen LogP contribution in [0.5, 0.6) is 5.75 Å². The largest absolute Gasteiger partial charge is 0.507 e. The molecule has 0 radical (unpaired) electrons. The number of rotatable bonds is 3. The number of carboxylic acid groups (broad SMARTS) is 1. The molecule has 0 bridgehead atoms. The molecule has 1 rings (SSSR count). The van der Waals surface area contributed by atoms with Gasteiger partial charge < -0.3 is 10.2 Å². The molecule has 0 unspecified atom stereocenters. The zero-order chi connectivity index (χ0) is 13.1. The molecule has 0 spiro atoms. The van der Waals surface area contributed by atoms with Gasteiger partial charge in [0, 0.05) is 5.56 Å². The molecule has 2 N–H and O–H groups in total. The number of aliphatic carboxylic acids is 1. The first-order valence-corrected chi connectivity index (χ1v) is 4.59. The van der Waals surface area contributed by atoms with E-state index in [2.05, 4.69) is 0 Å². The van der Waals surface area contributed by atoms with Crippen LogP contribution >= 0.6 is 0 Å². The molecule has 92 valence electrons. The third kappa shape index (κ3) is 3.82. The summed E-state index contributed by atoms with van der Waals surface area (Å²) in [6.07, 6.45) is -2.52. The van der Waals surface area contributed by atoms with Gasteiger partial charge in [-0.05, 0) is 18.2 Å². The quantitative estimate of drug-likeness (QED) is 0.862. The third-order valence-corrected chi connectivity index (χ3v) is 1.94. The first-order chi connectivity index (χ1) is 7.80. The number of halogens is 3. The molecule has 0 heterocycles. The number of alkyl halides is 3. The maximum Gasteiger partial charge on any atom is 0.416 e. The van der Waals surface area contributed by atoms with Gasteiger partial charge in [-0.3, -0.25) is 4.79 Å². The van der Waals surface area contributed by atoms with Gasteiger partial charge in [-0.2, -0.15) is 13.2 Å². The smallest absolute Gasteiger partial charge is 0.416 e. The lowest BCUT2D eigenvalue weighted by Crippen LogP contribution is -2.04. The minimum absolute atomic E-state index is 0.0684. The number of carboxylic acids is 1. The van der Waals surface area contributed by atoms with E-state index in [4.69, 9.17) is 5.11 Å². The minimum atomic E-state index is -4.50. The number of aromatic hydroxyl groups is 1.